The van der Waals surface area contributed by atoms with Crippen LogP contribution >= 0.6 is 0 Å². The maximum atomic E-state index is 11.5. The van der Waals surface area contributed by atoms with E-state index >= 15 is 0 Å². The molecular weight excluding hydrogens is 190 g/mol. The lowest BCUT2D eigenvalue weighted by Gasteiger charge is -2.26. The summed E-state index contributed by atoms with van der Waals surface area (Å²) in [4.78, 5) is 13.2. The summed E-state index contributed by atoms with van der Waals surface area (Å²) in [5.74, 6) is 5.46. The maximum Gasteiger partial charge on any atom is 0.227 e. The van der Waals surface area contributed by atoms with Crippen molar-refractivity contribution < 1.29 is 4.79 Å². The van der Waals surface area contributed by atoms with E-state index < -0.39 is 0 Å². The first-order valence-electron chi connectivity index (χ1n) is 5.04. The number of anilines is 1. The molecular formula is C11H15N3O. The Balaban J connectivity index is 2.34. The van der Waals surface area contributed by atoms with Crippen LogP contribution in [0.25, 0.3) is 0 Å². The SMILES string of the molecule is CN1C(=O)CCc2cc(CNN)ccc21. The fraction of sp³-hybridized carbons (Fsp3) is 0.364. The van der Waals surface area contributed by atoms with E-state index in [0.717, 1.165) is 17.7 Å². The van der Waals surface area contributed by atoms with Crippen LogP contribution in [-0.4, -0.2) is 13.0 Å². The van der Waals surface area contributed by atoms with E-state index in [4.69, 9.17) is 5.84 Å². The van der Waals surface area contributed by atoms with Crippen molar-refractivity contribution in [3.63, 3.8) is 0 Å². The molecule has 0 saturated heterocycles. The third kappa shape index (κ3) is 1.86. The number of amides is 1. The van der Waals surface area contributed by atoms with Crippen molar-refractivity contribution in [1.82, 2.24) is 5.43 Å². The smallest absolute Gasteiger partial charge is 0.227 e. The number of nitrogens with one attached hydrogen (secondary N) is 1. The number of benzene rings is 1. The molecule has 2 rings (SSSR count). The molecule has 0 spiro atoms. The van der Waals surface area contributed by atoms with Crippen LogP contribution in [0, 0.1) is 0 Å². The van der Waals surface area contributed by atoms with Crippen molar-refractivity contribution in [2.75, 3.05) is 11.9 Å². The molecule has 1 aliphatic heterocycles. The first-order chi connectivity index (χ1) is 7.22. The van der Waals surface area contributed by atoms with Gasteiger partial charge < -0.3 is 4.90 Å². The molecule has 1 aromatic rings. The van der Waals surface area contributed by atoms with Crippen LogP contribution in [-0.2, 0) is 17.8 Å². The maximum absolute atomic E-state index is 11.5. The van der Waals surface area contributed by atoms with E-state index in [1.807, 2.05) is 19.2 Å². The summed E-state index contributed by atoms with van der Waals surface area (Å²) < 4.78 is 0. The molecule has 1 aliphatic rings. The van der Waals surface area contributed by atoms with Gasteiger partial charge in [-0.05, 0) is 23.6 Å². The van der Waals surface area contributed by atoms with E-state index in [1.165, 1.54) is 5.56 Å². The largest absolute Gasteiger partial charge is 0.315 e. The van der Waals surface area contributed by atoms with Gasteiger partial charge in [-0.15, -0.1) is 0 Å². The second kappa shape index (κ2) is 4.00. The monoisotopic (exact) mass is 205 g/mol. The lowest BCUT2D eigenvalue weighted by atomic mass is 9.99. The molecule has 3 N–H and O–H groups in total. The van der Waals surface area contributed by atoms with E-state index in [2.05, 4.69) is 11.5 Å². The van der Waals surface area contributed by atoms with Gasteiger partial charge in [0.15, 0.2) is 0 Å². The molecule has 0 unspecified atom stereocenters. The van der Waals surface area contributed by atoms with E-state index in [0.29, 0.717) is 13.0 Å². The molecule has 0 atom stereocenters. The molecule has 0 fully saturated rings. The molecule has 0 bridgehead atoms. The molecule has 0 radical (unpaired) electrons. The second-order valence-electron chi connectivity index (χ2n) is 3.80. The third-order valence-electron chi connectivity index (χ3n) is 2.79. The van der Waals surface area contributed by atoms with Crippen LogP contribution in [0.15, 0.2) is 18.2 Å². The number of hydrogen-bond acceptors (Lipinski definition) is 3. The highest BCUT2D eigenvalue weighted by atomic mass is 16.2. The predicted molar refractivity (Wildman–Crippen MR) is 59.2 cm³/mol. The fourth-order valence-corrected chi connectivity index (χ4v) is 1.94. The Labute approximate surface area is 89.0 Å². The molecule has 1 amide bonds. The number of carbonyl (C=O) groups is 1. The summed E-state index contributed by atoms with van der Waals surface area (Å²) in [5.41, 5.74) is 6.03. The quantitative estimate of drug-likeness (QED) is 0.548. The highest BCUT2D eigenvalue weighted by molar-refractivity contribution is 5.95. The average molecular weight is 205 g/mol. The highest BCUT2D eigenvalue weighted by Crippen LogP contribution is 2.27. The van der Waals surface area contributed by atoms with Gasteiger partial charge in [0.25, 0.3) is 0 Å². The molecule has 80 valence electrons. The molecule has 1 heterocycles. The van der Waals surface area contributed by atoms with Crippen LogP contribution in [0.4, 0.5) is 5.69 Å². The van der Waals surface area contributed by atoms with Gasteiger partial charge in [0.05, 0.1) is 0 Å². The summed E-state index contributed by atoms with van der Waals surface area (Å²) in [6, 6.07) is 6.09. The minimum atomic E-state index is 0.187. The second-order valence-corrected chi connectivity index (χ2v) is 3.80. The van der Waals surface area contributed by atoms with E-state index in [9.17, 15) is 4.79 Å². The Hall–Kier alpha value is -1.39. The molecule has 0 aliphatic carbocycles. The van der Waals surface area contributed by atoms with Crippen molar-refractivity contribution in [2.45, 2.75) is 19.4 Å². The Morgan fingerprint density at radius 3 is 3.00 bits per heavy atom. The number of nitrogens with two attached hydrogens (primary N) is 1. The average Bonchev–Trinajstić information content (AvgIpc) is 2.24. The number of aryl methyl sites for hydroxylation is 1. The molecule has 1 aromatic carbocycles. The molecule has 4 nitrogen and oxygen atoms in total. The third-order valence-corrected chi connectivity index (χ3v) is 2.79. The predicted octanol–water partition coefficient (Wildman–Crippen LogP) is 0.559. The Kier molecular flexibility index (Phi) is 2.70. The van der Waals surface area contributed by atoms with Gasteiger partial charge in [-0.25, -0.2) is 0 Å². The molecule has 4 heteroatoms. The number of fused-ring (bicyclic) bond motifs is 1. The van der Waals surface area contributed by atoms with Crippen LogP contribution < -0.4 is 16.2 Å². The number of hydrogen-bond donors (Lipinski definition) is 2. The Morgan fingerprint density at radius 1 is 1.47 bits per heavy atom. The van der Waals surface area contributed by atoms with Crippen LogP contribution in [0.3, 0.4) is 0 Å². The summed E-state index contributed by atoms with van der Waals surface area (Å²) in [6.45, 7) is 0.658. The molecule has 0 saturated carbocycles. The molecule has 15 heavy (non-hydrogen) atoms. The van der Waals surface area contributed by atoms with Crippen molar-refractivity contribution in [3.8, 4) is 0 Å². The number of rotatable bonds is 2. The summed E-state index contributed by atoms with van der Waals surface area (Å²) in [5, 5.41) is 0. The van der Waals surface area contributed by atoms with Crippen LogP contribution in [0.5, 0.6) is 0 Å². The van der Waals surface area contributed by atoms with Gasteiger partial charge in [0, 0.05) is 25.7 Å². The van der Waals surface area contributed by atoms with E-state index in [1.54, 1.807) is 4.90 Å². The van der Waals surface area contributed by atoms with E-state index in [-0.39, 0.29) is 5.91 Å². The number of carbonyl (C=O) groups excluding carboxylic acids is 1. The minimum absolute atomic E-state index is 0.187. The minimum Gasteiger partial charge on any atom is -0.315 e. The van der Waals surface area contributed by atoms with Gasteiger partial charge in [0.1, 0.15) is 0 Å². The highest BCUT2D eigenvalue weighted by Gasteiger charge is 2.20. The summed E-state index contributed by atoms with van der Waals surface area (Å²) in [7, 11) is 1.82. The van der Waals surface area contributed by atoms with Crippen molar-refractivity contribution in [2.24, 2.45) is 5.84 Å². The fourth-order valence-electron chi connectivity index (χ4n) is 1.94. The normalized spacial score (nSPS) is 15.3. The van der Waals surface area contributed by atoms with Gasteiger partial charge in [-0.1, -0.05) is 12.1 Å². The summed E-state index contributed by atoms with van der Waals surface area (Å²) in [6.07, 6.45) is 1.43. The van der Waals surface area contributed by atoms with Gasteiger partial charge in [-0.3, -0.25) is 16.1 Å². The van der Waals surface area contributed by atoms with Gasteiger partial charge in [0.2, 0.25) is 5.91 Å². The van der Waals surface area contributed by atoms with Gasteiger partial charge >= 0.3 is 0 Å². The first kappa shape index (κ1) is 10.1. The first-order valence-corrected chi connectivity index (χ1v) is 5.04. The summed E-state index contributed by atoms with van der Waals surface area (Å²) >= 11 is 0. The Bertz CT molecular complexity index is 389. The topological polar surface area (TPSA) is 58.4 Å². The van der Waals surface area contributed by atoms with Crippen molar-refractivity contribution >= 4 is 11.6 Å². The van der Waals surface area contributed by atoms with Crippen molar-refractivity contribution in [3.05, 3.63) is 29.3 Å². The zero-order valence-corrected chi connectivity index (χ0v) is 8.79. The zero-order chi connectivity index (χ0) is 10.8. The zero-order valence-electron chi connectivity index (χ0n) is 8.79. The Morgan fingerprint density at radius 2 is 2.27 bits per heavy atom. The van der Waals surface area contributed by atoms with Crippen LogP contribution in [0.2, 0.25) is 0 Å². The lowest BCUT2D eigenvalue weighted by molar-refractivity contribution is -0.118. The van der Waals surface area contributed by atoms with Crippen molar-refractivity contribution in [1.29, 1.82) is 0 Å². The van der Waals surface area contributed by atoms with Crippen LogP contribution in [0.1, 0.15) is 17.5 Å². The lowest BCUT2D eigenvalue weighted by Crippen LogP contribution is -2.31. The number of nitrogens with zero attached hydrogens (tertiary/aromatic N) is 1. The molecule has 0 aromatic heterocycles. The number of hydrazine groups is 1. The van der Waals surface area contributed by atoms with Gasteiger partial charge in [-0.2, -0.15) is 0 Å². The standard InChI is InChI=1S/C11H15N3O/c1-14-10-4-2-8(7-13-12)6-9(10)3-5-11(14)15/h2,4,6,13H,3,5,7,12H2,1H3.